The molecule has 2 rings (SSSR count). The molecule has 2 aromatic rings. The van der Waals surface area contributed by atoms with Crippen LogP contribution in [0, 0.1) is 6.92 Å². The molecule has 0 fully saturated rings. The molecule has 0 saturated heterocycles. The Morgan fingerprint density at radius 2 is 2.00 bits per heavy atom. The van der Waals surface area contributed by atoms with E-state index in [0.29, 0.717) is 5.82 Å². The second kappa shape index (κ2) is 6.12. The first-order valence-corrected chi connectivity index (χ1v) is 6.27. The summed E-state index contributed by atoms with van der Waals surface area (Å²) in [7, 11) is 0. The number of benzene rings is 1. The van der Waals surface area contributed by atoms with E-state index in [2.05, 4.69) is 20.7 Å². The monoisotopic (exact) mass is 271 g/mol. The van der Waals surface area contributed by atoms with Crippen LogP contribution in [0.3, 0.4) is 0 Å². The Labute approximate surface area is 117 Å². The third-order valence-electron chi connectivity index (χ3n) is 3.03. The highest BCUT2D eigenvalue weighted by Gasteiger charge is 2.14. The minimum absolute atomic E-state index is 0.0992. The number of carbonyl (C=O) groups is 1. The zero-order valence-electron chi connectivity index (χ0n) is 11.4. The molecule has 1 heterocycles. The van der Waals surface area contributed by atoms with Gasteiger partial charge in [-0.25, -0.2) is 15.8 Å². The number of nitrogen functional groups attached to an aromatic ring is 1. The van der Waals surface area contributed by atoms with Crippen molar-refractivity contribution in [2.45, 2.75) is 19.9 Å². The van der Waals surface area contributed by atoms with E-state index in [-0.39, 0.29) is 17.6 Å². The van der Waals surface area contributed by atoms with Crippen LogP contribution in [0.2, 0.25) is 0 Å². The summed E-state index contributed by atoms with van der Waals surface area (Å²) in [5, 5.41) is 2.90. The Kier molecular flexibility index (Phi) is 4.27. The van der Waals surface area contributed by atoms with Crippen LogP contribution in [0.4, 0.5) is 5.82 Å². The smallest absolute Gasteiger partial charge is 0.271 e. The van der Waals surface area contributed by atoms with Crippen LogP contribution >= 0.6 is 0 Å². The lowest BCUT2D eigenvalue weighted by Crippen LogP contribution is -2.28. The topological polar surface area (TPSA) is 92.9 Å². The molecule has 4 N–H and O–H groups in total. The molecule has 1 amide bonds. The SMILES string of the molecule is Cc1ccccc1C(C)NC(=O)c1cnc(NN)cn1. The van der Waals surface area contributed by atoms with E-state index in [4.69, 9.17) is 5.84 Å². The molecule has 20 heavy (non-hydrogen) atoms. The van der Waals surface area contributed by atoms with E-state index in [0.717, 1.165) is 11.1 Å². The van der Waals surface area contributed by atoms with Crippen molar-refractivity contribution in [1.82, 2.24) is 15.3 Å². The lowest BCUT2D eigenvalue weighted by atomic mass is 10.0. The van der Waals surface area contributed by atoms with E-state index in [9.17, 15) is 4.79 Å². The Bertz CT molecular complexity index is 597. The maximum absolute atomic E-state index is 12.1. The van der Waals surface area contributed by atoms with Crippen LogP contribution in [0.1, 0.15) is 34.6 Å². The molecule has 6 nitrogen and oxygen atoms in total. The van der Waals surface area contributed by atoms with Crippen molar-refractivity contribution in [3.8, 4) is 0 Å². The molecular weight excluding hydrogens is 254 g/mol. The Balaban J connectivity index is 2.09. The highest BCUT2D eigenvalue weighted by Crippen LogP contribution is 2.16. The zero-order chi connectivity index (χ0) is 14.5. The van der Waals surface area contributed by atoms with Crippen molar-refractivity contribution < 1.29 is 4.79 Å². The van der Waals surface area contributed by atoms with Crippen molar-refractivity contribution >= 4 is 11.7 Å². The quantitative estimate of drug-likeness (QED) is 0.579. The molecule has 0 aliphatic rings. The lowest BCUT2D eigenvalue weighted by Gasteiger charge is -2.16. The highest BCUT2D eigenvalue weighted by molar-refractivity contribution is 5.92. The average Bonchev–Trinajstić information content (AvgIpc) is 2.47. The summed E-state index contributed by atoms with van der Waals surface area (Å²) < 4.78 is 0. The number of carbonyl (C=O) groups excluding carboxylic acids is 1. The third kappa shape index (κ3) is 3.10. The van der Waals surface area contributed by atoms with Gasteiger partial charge in [0.2, 0.25) is 0 Å². The second-order valence-electron chi connectivity index (χ2n) is 4.48. The standard InChI is InChI=1S/C14H17N5O/c1-9-5-3-4-6-11(9)10(2)18-14(20)12-7-17-13(19-15)8-16-12/h3-8,10H,15H2,1-2H3,(H,17,19)(H,18,20). The maximum atomic E-state index is 12.1. The number of nitrogens with one attached hydrogen (secondary N) is 2. The van der Waals surface area contributed by atoms with Crippen molar-refractivity contribution in [1.29, 1.82) is 0 Å². The molecule has 104 valence electrons. The van der Waals surface area contributed by atoms with E-state index in [1.165, 1.54) is 12.4 Å². The molecule has 1 aromatic carbocycles. The normalized spacial score (nSPS) is 11.8. The molecule has 0 bridgehead atoms. The number of hydrogen-bond donors (Lipinski definition) is 3. The first-order chi connectivity index (χ1) is 9.61. The predicted octanol–water partition coefficient (Wildman–Crippen LogP) is 1.56. The summed E-state index contributed by atoms with van der Waals surface area (Å²) in [5.41, 5.74) is 4.83. The number of aryl methyl sites for hydroxylation is 1. The first kappa shape index (κ1) is 14.0. The van der Waals surface area contributed by atoms with E-state index in [1.807, 2.05) is 38.1 Å². The summed E-state index contributed by atoms with van der Waals surface area (Å²) in [6.45, 7) is 3.95. The summed E-state index contributed by atoms with van der Waals surface area (Å²) in [6, 6.07) is 7.83. The summed E-state index contributed by atoms with van der Waals surface area (Å²) in [4.78, 5) is 20.0. The van der Waals surface area contributed by atoms with Gasteiger partial charge in [-0.05, 0) is 25.0 Å². The van der Waals surface area contributed by atoms with Gasteiger partial charge in [0.25, 0.3) is 5.91 Å². The van der Waals surface area contributed by atoms with E-state index >= 15 is 0 Å². The summed E-state index contributed by atoms with van der Waals surface area (Å²) in [5.74, 6) is 5.34. The van der Waals surface area contributed by atoms with Crippen LogP contribution in [0.25, 0.3) is 0 Å². The maximum Gasteiger partial charge on any atom is 0.271 e. The van der Waals surface area contributed by atoms with Crippen LogP contribution in [0.5, 0.6) is 0 Å². The number of hydrogen-bond acceptors (Lipinski definition) is 5. The molecule has 0 saturated carbocycles. The fourth-order valence-electron chi connectivity index (χ4n) is 1.94. The minimum Gasteiger partial charge on any atom is -0.344 e. The summed E-state index contributed by atoms with van der Waals surface area (Å²) >= 11 is 0. The first-order valence-electron chi connectivity index (χ1n) is 6.27. The van der Waals surface area contributed by atoms with Crippen molar-refractivity contribution in [3.63, 3.8) is 0 Å². The van der Waals surface area contributed by atoms with Gasteiger partial charge in [0.1, 0.15) is 5.69 Å². The van der Waals surface area contributed by atoms with Gasteiger partial charge in [-0.3, -0.25) is 4.79 Å². The average molecular weight is 271 g/mol. The second-order valence-corrected chi connectivity index (χ2v) is 4.48. The van der Waals surface area contributed by atoms with Crippen molar-refractivity contribution in [2.75, 3.05) is 5.43 Å². The predicted molar refractivity (Wildman–Crippen MR) is 76.9 cm³/mol. The number of anilines is 1. The molecule has 0 spiro atoms. The van der Waals surface area contributed by atoms with Crippen molar-refractivity contribution in [3.05, 3.63) is 53.5 Å². The number of nitrogens with two attached hydrogens (primary N) is 1. The molecule has 0 aliphatic carbocycles. The molecule has 0 aliphatic heterocycles. The van der Waals surface area contributed by atoms with Gasteiger partial charge < -0.3 is 10.7 Å². The fraction of sp³-hybridized carbons (Fsp3) is 0.214. The van der Waals surface area contributed by atoms with Gasteiger partial charge in [0.15, 0.2) is 5.82 Å². The van der Waals surface area contributed by atoms with Gasteiger partial charge in [0, 0.05) is 0 Å². The van der Waals surface area contributed by atoms with Crippen LogP contribution in [0.15, 0.2) is 36.7 Å². The molecule has 1 aromatic heterocycles. The van der Waals surface area contributed by atoms with Crippen LogP contribution in [-0.2, 0) is 0 Å². The molecule has 0 radical (unpaired) electrons. The molecular formula is C14H17N5O. The minimum atomic E-state index is -0.267. The van der Waals surface area contributed by atoms with Gasteiger partial charge in [0.05, 0.1) is 18.4 Å². The zero-order valence-corrected chi connectivity index (χ0v) is 11.4. The molecule has 1 atom stereocenters. The Hall–Kier alpha value is -2.47. The van der Waals surface area contributed by atoms with Gasteiger partial charge in [-0.1, -0.05) is 24.3 Å². The van der Waals surface area contributed by atoms with Gasteiger partial charge in [-0.15, -0.1) is 0 Å². The van der Waals surface area contributed by atoms with E-state index in [1.54, 1.807) is 0 Å². The fourth-order valence-corrected chi connectivity index (χ4v) is 1.94. The lowest BCUT2D eigenvalue weighted by molar-refractivity contribution is 0.0934. The molecule has 1 unspecified atom stereocenters. The van der Waals surface area contributed by atoms with E-state index < -0.39 is 0 Å². The Morgan fingerprint density at radius 3 is 2.60 bits per heavy atom. The number of hydrazine groups is 1. The van der Waals surface area contributed by atoms with Crippen LogP contribution in [-0.4, -0.2) is 15.9 Å². The number of rotatable bonds is 4. The number of nitrogens with zero attached hydrogens (tertiary/aromatic N) is 2. The summed E-state index contributed by atoms with van der Waals surface area (Å²) in [6.07, 6.45) is 2.79. The largest absolute Gasteiger partial charge is 0.344 e. The molecule has 6 heteroatoms. The Morgan fingerprint density at radius 1 is 1.25 bits per heavy atom. The van der Waals surface area contributed by atoms with Crippen molar-refractivity contribution in [2.24, 2.45) is 5.84 Å². The van der Waals surface area contributed by atoms with Gasteiger partial charge in [-0.2, -0.15) is 0 Å². The van der Waals surface area contributed by atoms with Crippen LogP contribution < -0.4 is 16.6 Å². The third-order valence-corrected chi connectivity index (χ3v) is 3.03. The van der Waals surface area contributed by atoms with Gasteiger partial charge >= 0.3 is 0 Å². The number of aromatic nitrogens is 2. The number of amides is 1. The highest BCUT2D eigenvalue weighted by atomic mass is 16.1.